The number of hydrogen-bond acceptors (Lipinski definition) is 2. The third kappa shape index (κ3) is 2.80. The topological polar surface area (TPSA) is 37.4 Å². The van der Waals surface area contributed by atoms with Crippen molar-refractivity contribution in [2.45, 2.75) is 42.7 Å². The third-order valence-corrected chi connectivity index (χ3v) is 5.98. The SMILES string of the molecule is CS(=O)c1ccc(C(=O)N(C2CC2)C2CCc3ccccc32)cc1. The van der Waals surface area contributed by atoms with Crippen molar-refractivity contribution in [3.63, 3.8) is 0 Å². The second kappa shape index (κ2) is 6.17. The highest BCUT2D eigenvalue weighted by Gasteiger charge is 2.40. The molecular weight excluding hydrogens is 318 g/mol. The van der Waals surface area contributed by atoms with Gasteiger partial charge in [-0.05, 0) is 61.1 Å². The summed E-state index contributed by atoms with van der Waals surface area (Å²) in [5.41, 5.74) is 3.38. The van der Waals surface area contributed by atoms with Gasteiger partial charge in [0.25, 0.3) is 5.91 Å². The fourth-order valence-electron chi connectivity index (χ4n) is 3.68. The van der Waals surface area contributed by atoms with Crippen molar-refractivity contribution in [2.24, 2.45) is 0 Å². The van der Waals surface area contributed by atoms with Gasteiger partial charge in [-0.25, -0.2) is 0 Å². The van der Waals surface area contributed by atoms with Crippen LogP contribution in [0, 0.1) is 0 Å². The van der Waals surface area contributed by atoms with E-state index in [9.17, 15) is 9.00 Å². The van der Waals surface area contributed by atoms with E-state index in [0.29, 0.717) is 11.6 Å². The number of benzene rings is 2. The molecule has 0 radical (unpaired) electrons. The Morgan fingerprint density at radius 2 is 1.75 bits per heavy atom. The second-order valence-corrected chi connectivity index (χ2v) is 8.06. The van der Waals surface area contributed by atoms with Crippen LogP contribution in [-0.4, -0.2) is 27.3 Å². The molecule has 0 heterocycles. The first-order valence-corrected chi connectivity index (χ1v) is 10.0. The molecule has 4 heteroatoms. The number of fused-ring (bicyclic) bond motifs is 1. The zero-order chi connectivity index (χ0) is 16.7. The number of amides is 1. The quantitative estimate of drug-likeness (QED) is 0.851. The molecule has 0 spiro atoms. The molecule has 2 unspecified atom stereocenters. The Hall–Kier alpha value is -1.94. The minimum Gasteiger partial charge on any atom is -0.329 e. The molecule has 0 aromatic heterocycles. The molecule has 1 saturated carbocycles. The van der Waals surface area contributed by atoms with Crippen molar-refractivity contribution >= 4 is 16.7 Å². The van der Waals surface area contributed by atoms with Gasteiger partial charge in [-0.3, -0.25) is 9.00 Å². The summed E-state index contributed by atoms with van der Waals surface area (Å²) < 4.78 is 11.5. The zero-order valence-electron chi connectivity index (χ0n) is 13.8. The molecule has 3 nitrogen and oxygen atoms in total. The van der Waals surface area contributed by atoms with Gasteiger partial charge in [-0.15, -0.1) is 0 Å². The minimum absolute atomic E-state index is 0.104. The lowest BCUT2D eigenvalue weighted by Crippen LogP contribution is -2.36. The molecule has 0 bridgehead atoms. The van der Waals surface area contributed by atoms with Gasteiger partial charge in [0.2, 0.25) is 0 Å². The average Bonchev–Trinajstić information content (AvgIpc) is 3.35. The number of rotatable bonds is 4. The fourth-order valence-corrected chi connectivity index (χ4v) is 4.20. The van der Waals surface area contributed by atoms with E-state index in [1.807, 2.05) is 12.1 Å². The van der Waals surface area contributed by atoms with Crippen molar-refractivity contribution in [3.05, 3.63) is 65.2 Å². The molecule has 4 rings (SSSR count). The molecule has 2 aliphatic rings. The van der Waals surface area contributed by atoms with E-state index >= 15 is 0 Å². The molecule has 2 atom stereocenters. The Morgan fingerprint density at radius 1 is 1.04 bits per heavy atom. The van der Waals surface area contributed by atoms with Crippen LogP contribution in [0.5, 0.6) is 0 Å². The van der Waals surface area contributed by atoms with Crippen LogP contribution >= 0.6 is 0 Å². The summed E-state index contributed by atoms with van der Waals surface area (Å²) >= 11 is 0. The van der Waals surface area contributed by atoms with E-state index in [2.05, 4.69) is 29.2 Å². The number of carbonyl (C=O) groups is 1. The highest BCUT2D eigenvalue weighted by atomic mass is 32.2. The van der Waals surface area contributed by atoms with Crippen LogP contribution in [0.25, 0.3) is 0 Å². The van der Waals surface area contributed by atoms with E-state index in [1.54, 1.807) is 18.4 Å². The lowest BCUT2D eigenvalue weighted by atomic mass is 10.1. The van der Waals surface area contributed by atoms with Gasteiger partial charge in [-0.1, -0.05) is 24.3 Å². The summed E-state index contributed by atoms with van der Waals surface area (Å²) in [5.74, 6) is 0.104. The fraction of sp³-hybridized carbons (Fsp3) is 0.350. The lowest BCUT2D eigenvalue weighted by Gasteiger charge is -2.30. The second-order valence-electron chi connectivity index (χ2n) is 6.68. The van der Waals surface area contributed by atoms with Crippen LogP contribution in [0.2, 0.25) is 0 Å². The van der Waals surface area contributed by atoms with Crippen molar-refractivity contribution in [3.8, 4) is 0 Å². The molecule has 1 amide bonds. The molecule has 2 aromatic rings. The molecule has 0 saturated heterocycles. The van der Waals surface area contributed by atoms with Crippen molar-refractivity contribution < 1.29 is 9.00 Å². The number of nitrogens with zero attached hydrogens (tertiary/aromatic N) is 1. The predicted octanol–water partition coefficient (Wildman–Crippen LogP) is 3.72. The summed E-state index contributed by atoms with van der Waals surface area (Å²) in [6.07, 6.45) is 5.91. The van der Waals surface area contributed by atoms with Gasteiger partial charge in [0.05, 0.1) is 6.04 Å². The van der Waals surface area contributed by atoms with Crippen LogP contribution in [0.15, 0.2) is 53.4 Å². The molecule has 2 aliphatic carbocycles. The molecule has 1 fully saturated rings. The summed E-state index contributed by atoms with van der Waals surface area (Å²) in [6, 6.07) is 16.3. The normalized spacial score (nSPS) is 20.5. The van der Waals surface area contributed by atoms with Crippen LogP contribution in [0.4, 0.5) is 0 Å². The largest absolute Gasteiger partial charge is 0.329 e. The van der Waals surface area contributed by atoms with Crippen molar-refractivity contribution in [2.75, 3.05) is 6.26 Å². The van der Waals surface area contributed by atoms with E-state index in [0.717, 1.165) is 30.6 Å². The molecule has 0 aliphatic heterocycles. The van der Waals surface area contributed by atoms with E-state index in [4.69, 9.17) is 0 Å². The van der Waals surface area contributed by atoms with Gasteiger partial charge >= 0.3 is 0 Å². The Kier molecular flexibility index (Phi) is 4.01. The summed E-state index contributed by atoms with van der Waals surface area (Å²) in [5, 5.41) is 0. The number of aryl methyl sites for hydroxylation is 1. The zero-order valence-corrected chi connectivity index (χ0v) is 14.6. The third-order valence-electron chi connectivity index (χ3n) is 5.04. The molecular formula is C20H21NO2S. The molecule has 2 aromatic carbocycles. The van der Waals surface area contributed by atoms with E-state index in [-0.39, 0.29) is 11.9 Å². The average molecular weight is 339 g/mol. The maximum Gasteiger partial charge on any atom is 0.254 e. The van der Waals surface area contributed by atoms with Crippen molar-refractivity contribution in [1.82, 2.24) is 4.90 Å². The Balaban J connectivity index is 1.64. The first kappa shape index (κ1) is 15.6. The van der Waals surface area contributed by atoms with Crippen LogP contribution in [0.1, 0.15) is 46.8 Å². The number of carbonyl (C=O) groups excluding carboxylic acids is 1. The van der Waals surface area contributed by atoms with Crippen LogP contribution < -0.4 is 0 Å². The van der Waals surface area contributed by atoms with Gasteiger partial charge < -0.3 is 4.90 Å². The number of hydrogen-bond donors (Lipinski definition) is 0. The lowest BCUT2D eigenvalue weighted by molar-refractivity contribution is 0.0658. The van der Waals surface area contributed by atoms with Gasteiger partial charge in [0.15, 0.2) is 0 Å². The summed E-state index contributed by atoms with van der Waals surface area (Å²) in [4.78, 5) is 16.0. The van der Waals surface area contributed by atoms with Gasteiger partial charge in [0.1, 0.15) is 0 Å². The smallest absolute Gasteiger partial charge is 0.254 e. The molecule has 0 N–H and O–H groups in total. The van der Waals surface area contributed by atoms with Gasteiger partial charge in [-0.2, -0.15) is 0 Å². The monoisotopic (exact) mass is 339 g/mol. The summed E-state index contributed by atoms with van der Waals surface area (Å²) in [7, 11) is -1.01. The molecule has 124 valence electrons. The van der Waals surface area contributed by atoms with Crippen molar-refractivity contribution in [1.29, 1.82) is 0 Å². The first-order valence-electron chi connectivity index (χ1n) is 8.49. The Morgan fingerprint density at radius 3 is 2.42 bits per heavy atom. The highest BCUT2D eigenvalue weighted by Crippen LogP contribution is 2.42. The standard InChI is InChI=1S/C20H21NO2S/c1-24(23)17-11-6-15(7-12-17)20(22)21(16-9-10-16)19-13-8-14-4-2-3-5-18(14)19/h2-7,11-12,16,19H,8-10,13H2,1H3. The summed E-state index contributed by atoms with van der Waals surface area (Å²) in [6.45, 7) is 0. The van der Waals surface area contributed by atoms with E-state index < -0.39 is 10.8 Å². The Bertz CT molecular complexity index is 796. The van der Waals surface area contributed by atoms with Crippen LogP contribution in [0.3, 0.4) is 0 Å². The highest BCUT2D eigenvalue weighted by molar-refractivity contribution is 7.84. The maximum absolute atomic E-state index is 13.2. The van der Waals surface area contributed by atoms with Crippen LogP contribution in [-0.2, 0) is 17.2 Å². The molecule has 24 heavy (non-hydrogen) atoms. The predicted molar refractivity (Wildman–Crippen MR) is 95.5 cm³/mol. The first-order chi connectivity index (χ1) is 11.6. The van der Waals surface area contributed by atoms with Gasteiger partial charge in [0, 0.05) is 33.6 Å². The van der Waals surface area contributed by atoms with E-state index in [1.165, 1.54) is 11.1 Å². The minimum atomic E-state index is -1.01. The Labute approximate surface area is 145 Å². The maximum atomic E-state index is 13.2.